The summed E-state index contributed by atoms with van der Waals surface area (Å²) >= 11 is 5.83. The van der Waals surface area contributed by atoms with Gasteiger partial charge in [0, 0.05) is 23.8 Å². The Morgan fingerprint density at radius 3 is 2.46 bits per heavy atom. The second-order valence-corrected chi connectivity index (χ2v) is 9.25. The number of likely N-dealkylation sites (tertiary alicyclic amines) is 1. The van der Waals surface area contributed by atoms with E-state index in [2.05, 4.69) is 5.32 Å². The van der Waals surface area contributed by atoms with E-state index >= 15 is 0 Å². The topological polar surface area (TPSA) is 66.5 Å². The van der Waals surface area contributed by atoms with Crippen molar-refractivity contribution in [2.75, 3.05) is 18.4 Å². The first-order valence-corrected chi connectivity index (χ1v) is 10.3. The predicted octanol–water partition coefficient (Wildman–Crippen LogP) is 4.04. The van der Waals surface area contributed by atoms with E-state index < -0.39 is 15.1 Å². The standard InChI is InChI=1S/C19H21ClN2O3S/c1-13-3-6-16(11-14(13)2)21-19(23)22-10-9-18(12-22)26(24,25)17-7-4-15(20)5-8-17/h3-8,11,18H,9-10,12H2,1-2H3,(H,21,23). The van der Waals surface area contributed by atoms with E-state index in [0.717, 1.165) is 11.1 Å². The van der Waals surface area contributed by atoms with E-state index in [1.165, 1.54) is 12.1 Å². The molecule has 1 saturated heterocycles. The van der Waals surface area contributed by atoms with Gasteiger partial charge in [-0.25, -0.2) is 13.2 Å². The normalized spacial score (nSPS) is 17.3. The smallest absolute Gasteiger partial charge is 0.321 e. The number of nitrogens with one attached hydrogen (secondary N) is 1. The van der Waals surface area contributed by atoms with Crippen LogP contribution in [0.1, 0.15) is 17.5 Å². The zero-order valence-corrected chi connectivity index (χ0v) is 16.3. The van der Waals surface area contributed by atoms with Crippen LogP contribution in [-0.2, 0) is 9.84 Å². The molecule has 2 amide bonds. The highest BCUT2D eigenvalue weighted by Gasteiger charge is 2.36. The maximum absolute atomic E-state index is 12.8. The molecule has 1 heterocycles. The molecule has 3 rings (SSSR count). The summed E-state index contributed by atoms with van der Waals surface area (Å²) in [7, 11) is -3.49. The number of hydrogen-bond acceptors (Lipinski definition) is 3. The number of carbonyl (C=O) groups excluding carboxylic acids is 1. The van der Waals surface area contributed by atoms with Crippen molar-refractivity contribution < 1.29 is 13.2 Å². The lowest BCUT2D eigenvalue weighted by atomic mass is 10.1. The van der Waals surface area contributed by atoms with Crippen molar-refractivity contribution in [2.45, 2.75) is 30.4 Å². The summed E-state index contributed by atoms with van der Waals surface area (Å²) in [5.74, 6) is 0. The zero-order chi connectivity index (χ0) is 18.9. The number of hydrogen-bond donors (Lipinski definition) is 1. The van der Waals surface area contributed by atoms with Gasteiger partial charge in [0.1, 0.15) is 0 Å². The second kappa shape index (κ2) is 7.29. The number of carbonyl (C=O) groups is 1. The predicted molar refractivity (Wildman–Crippen MR) is 104 cm³/mol. The maximum Gasteiger partial charge on any atom is 0.321 e. The molecule has 1 fully saturated rings. The van der Waals surface area contributed by atoms with Crippen molar-refractivity contribution in [1.82, 2.24) is 4.90 Å². The van der Waals surface area contributed by atoms with Crippen LogP contribution in [0, 0.1) is 13.8 Å². The molecular formula is C19H21ClN2O3S. The van der Waals surface area contributed by atoms with Gasteiger partial charge in [-0.15, -0.1) is 0 Å². The lowest BCUT2D eigenvalue weighted by Crippen LogP contribution is -2.35. The molecule has 2 aromatic carbocycles. The maximum atomic E-state index is 12.8. The van der Waals surface area contributed by atoms with E-state index in [1.54, 1.807) is 17.0 Å². The van der Waals surface area contributed by atoms with Crippen LogP contribution in [0.4, 0.5) is 10.5 Å². The molecule has 1 aliphatic rings. The third kappa shape index (κ3) is 3.86. The molecular weight excluding hydrogens is 372 g/mol. The van der Waals surface area contributed by atoms with Crippen LogP contribution in [0.3, 0.4) is 0 Å². The molecule has 0 spiro atoms. The van der Waals surface area contributed by atoms with Crippen molar-refractivity contribution in [2.24, 2.45) is 0 Å². The average molecular weight is 393 g/mol. The molecule has 1 N–H and O–H groups in total. The Kier molecular flexibility index (Phi) is 5.25. The Morgan fingerprint density at radius 2 is 1.81 bits per heavy atom. The molecule has 0 radical (unpaired) electrons. The minimum absolute atomic E-state index is 0.182. The number of aryl methyl sites for hydroxylation is 2. The van der Waals surface area contributed by atoms with Crippen molar-refractivity contribution >= 4 is 33.2 Å². The summed E-state index contributed by atoms with van der Waals surface area (Å²) in [5.41, 5.74) is 2.95. The molecule has 0 aliphatic carbocycles. The zero-order valence-electron chi connectivity index (χ0n) is 14.7. The summed E-state index contributed by atoms with van der Waals surface area (Å²) in [4.78, 5) is 14.3. The van der Waals surface area contributed by atoms with E-state index in [4.69, 9.17) is 11.6 Å². The van der Waals surface area contributed by atoms with Gasteiger partial charge in [0.05, 0.1) is 10.1 Å². The van der Waals surface area contributed by atoms with E-state index in [0.29, 0.717) is 23.7 Å². The molecule has 1 unspecified atom stereocenters. The number of sulfone groups is 1. The lowest BCUT2D eigenvalue weighted by molar-refractivity contribution is 0.222. The van der Waals surface area contributed by atoms with Crippen LogP contribution in [0.15, 0.2) is 47.4 Å². The van der Waals surface area contributed by atoms with Crippen LogP contribution in [-0.4, -0.2) is 37.7 Å². The van der Waals surface area contributed by atoms with Gasteiger partial charge in [-0.2, -0.15) is 0 Å². The Hall–Kier alpha value is -2.05. The average Bonchev–Trinajstić information content (AvgIpc) is 3.10. The minimum Gasteiger partial charge on any atom is -0.323 e. The summed E-state index contributed by atoms with van der Waals surface area (Å²) in [6, 6.07) is 11.6. The number of halogens is 1. The molecule has 5 nitrogen and oxygen atoms in total. The molecule has 2 aromatic rings. The molecule has 0 aromatic heterocycles. The van der Waals surface area contributed by atoms with Gasteiger partial charge in [0.25, 0.3) is 0 Å². The Labute approximate surface area is 158 Å². The summed E-state index contributed by atoms with van der Waals surface area (Å²) < 4.78 is 25.5. The fraction of sp³-hybridized carbons (Fsp3) is 0.316. The van der Waals surface area contributed by atoms with Gasteiger partial charge in [-0.05, 0) is 67.8 Å². The highest BCUT2D eigenvalue weighted by molar-refractivity contribution is 7.92. The van der Waals surface area contributed by atoms with Gasteiger partial charge >= 0.3 is 6.03 Å². The molecule has 1 aliphatic heterocycles. The summed E-state index contributed by atoms with van der Waals surface area (Å²) in [6.07, 6.45) is 0.422. The lowest BCUT2D eigenvalue weighted by Gasteiger charge is -2.18. The summed E-state index contributed by atoms with van der Waals surface area (Å²) in [6.45, 7) is 4.58. The number of anilines is 1. The van der Waals surface area contributed by atoms with Gasteiger partial charge in [0.2, 0.25) is 0 Å². The minimum atomic E-state index is -3.49. The van der Waals surface area contributed by atoms with Crippen LogP contribution in [0.25, 0.3) is 0 Å². The van der Waals surface area contributed by atoms with E-state index in [9.17, 15) is 13.2 Å². The Bertz CT molecular complexity index is 926. The van der Waals surface area contributed by atoms with Gasteiger partial charge in [-0.1, -0.05) is 17.7 Å². The number of rotatable bonds is 3. The number of benzene rings is 2. The van der Waals surface area contributed by atoms with Crippen LogP contribution in [0.2, 0.25) is 5.02 Å². The van der Waals surface area contributed by atoms with Crippen molar-refractivity contribution in [3.05, 3.63) is 58.6 Å². The largest absolute Gasteiger partial charge is 0.323 e. The fourth-order valence-electron chi connectivity index (χ4n) is 3.00. The van der Waals surface area contributed by atoms with Crippen LogP contribution >= 0.6 is 11.6 Å². The molecule has 26 heavy (non-hydrogen) atoms. The highest BCUT2D eigenvalue weighted by Crippen LogP contribution is 2.25. The first-order chi connectivity index (χ1) is 12.3. The Morgan fingerprint density at radius 1 is 1.12 bits per heavy atom. The summed E-state index contributed by atoms with van der Waals surface area (Å²) in [5, 5.41) is 2.73. The quantitative estimate of drug-likeness (QED) is 0.857. The monoisotopic (exact) mass is 392 g/mol. The van der Waals surface area contributed by atoms with Gasteiger partial charge < -0.3 is 10.2 Å². The molecule has 138 valence electrons. The SMILES string of the molecule is Cc1ccc(NC(=O)N2CCC(S(=O)(=O)c3ccc(Cl)cc3)C2)cc1C. The van der Waals surface area contributed by atoms with Gasteiger partial charge in [0.15, 0.2) is 9.84 Å². The van der Waals surface area contributed by atoms with Crippen LogP contribution in [0.5, 0.6) is 0 Å². The first-order valence-electron chi connectivity index (χ1n) is 8.40. The third-order valence-corrected chi connectivity index (χ3v) is 7.22. The molecule has 1 atom stereocenters. The third-order valence-electron chi connectivity index (χ3n) is 4.77. The Balaban J connectivity index is 1.68. The highest BCUT2D eigenvalue weighted by atomic mass is 35.5. The molecule has 0 bridgehead atoms. The van der Waals surface area contributed by atoms with Gasteiger partial charge in [-0.3, -0.25) is 0 Å². The fourth-order valence-corrected chi connectivity index (χ4v) is 4.82. The molecule has 0 saturated carbocycles. The number of nitrogens with zero attached hydrogens (tertiary/aromatic N) is 1. The molecule has 7 heteroatoms. The van der Waals surface area contributed by atoms with Crippen LogP contribution < -0.4 is 5.32 Å². The van der Waals surface area contributed by atoms with Crippen molar-refractivity contribution in [3.63, 3.8) is 0 Å². The van der Waals surface area contributed by atoms with E-state index in [-0.39, 0.29) is 17.5 Å². The van der Waals surface area contributed by atoms with Crippen molar-refractivity contribution in [1.29, 1.82) is 0 Å². The van der Waals surface area contributed by atoms with Crippen molar-refractivity contribution in [3.8, 4) is 0 Å². The number of amides is 2. The first kappa shape index (κ1) is 18.7. The van der Waals surface area contributed by atoms with E-state index in [1.807, 2.05) is 32.0 Å². The number of urea groups is 1. The second-order valence-electron chi connectivity index (χ2n) is 6.58.